The van der Waals surface area contributed by atoms with Crippen LogP contribution in [-0.4, -0.2) is 15.0 Å². The molecular formula is C17H14ClF3N6. The monoisotopic (exact) mass is 394 g/mol. The molecule has 0 fully saturated rings. The normalized spacial score (nSPS) is 11.3. The molecule has 0 radical (unpaired) electrons. The maximum absolute atomic E-state index is 13.0. The molecule has 6 nitrogen and oxygen atoms in total. The van der Waals surface area contributed by atoms with E-state index in [2.05, 4.69) is 25.6 Å². The Labute approximate surface area is 157 Å². The maximum Gasteiger partial charge on any atom is 0.417 e. The van der Waals surface area contributed by atoms with Crippen molar-refractivity contribution in [2.75, 3.05) is 16.4 Å². The second-order valence-corrected chi connectivity index (χ2v) is 5.92. The van der Waals surface area contributed by atoms with Gasteiger partial charge >= 0.3 is 6.18 Å². The summed E-state index contributed by atoms with van der Waals surface area (Å²) in [5.41, 5.74) is 6.32. The molecule has 0 saturated carbocycles. The Morgan fingerprint density at radius 2 is 1.89 bits per heavy atom. The smallest absolute Gasteiger partial charge is 0.393 e. The minimum atomic E-state index is -4.57. The van der Waals surface area contributed by atoms with Crippen LogP contribution < -0.4 is 16.4 Å². The summed E-state index contributed by atoms with van der Waals surface area (Å²) in [6, 6.07) is 7.13. The van der Waals surface area contributed by atoms with E-state index in [1.54, 1.807) is 18.5 Å². The van der Waals surface area contributed by atoms with E-state index >= 15 is 0 Å². The molecule has 3 rings (SSSR count). The van der Waals surface area contributed by atoms with Gasteiger partial charge in [0.1, 0.15) is 12.0 Å². The quantitative estimate of drug-likeness (QED) is 0.591. The lowest BCUT2D eigenvalue weighted by molar-refractivity contribution is -0.137. The molecule has 2 heterocycles. The summed E-state index contributed by atoms with van der Waals surface area (Å²) in [4.78, 5) is 12.1. The van der Waals surface area contributed by atoms with Gasteiger partial charge in [0.25, 0.3) is 0 Å². The molecule has 0 aliphatic carbocycles. The third-order valence-corrected chi connectivity index (χ3v) is 3.93. The van der Waals surface area contributed by atoms with Crippen molar-refractivity contribution in [3.8, 4) is 0 Å². The van der Waals surface area contributed by atoms with E-state index in [-0.39, 0.29) is 22.2 Å². The molecule has 3 aromatic rings. The molecule has 0 saturated heterocycles. The summed E-state index contributed by atoms with van der Waals surface area (Å²) in [5, 5.41) is 5.42. The Hall–Kier alpha value is -3.07. The molecule has 2 aromatic heterocycles. The van der Waals surface area contributed by atoms with E-state index < -0.39 is 11.7 Å². The van der Waals surface area contributed by atoms with Gasteiger partial charge in [-0.25, -0.2) is 9.97 Å². The lowest BCUT2D eigenvalue weighted by Crippen LogP contribution is -2.09. The zero-order chi connectivity index (χ0) is 19.4. The molecular weight excluding hydrogens is 381 g/mol. The van der Waals surface area contributed by atoms with Crippen LogP contribution in [0.2, 0.25) is 5.02 Å². The molecule has 0 unspecified atom stereocenters. The van der Waals surface area contributed by atoms with Crippen LogP contribution in [0.4, 0.5) is 36.2 Å². The number of hydrogen-bond donors (Lipinski definition) is 3. The highest BCUT2D eigenvalue weighted by atomic mass is 35.5. The van der Waals surface area contributed by atoms with Crippen molar-refractivity contribution in [1.29, 1.82) is 0 Å². The third-order valence-electron chi connectivity index (χ3n) is 3.60. The van der Waals surface area contributed by atoms with E-state index in [4.69, 9.17) is 17.3 Å². The standard InChI is InChI=1S/C17H14ClF3N6/c18-13-4-3-11(6-12(13)17(19,20)21)27-16-14(22)15(25-9-26-16)24-8-10-2-1-5-23-7-10/h1-7,9H,8,22H2,(H2,24,25,26,27). The Morgan fingerprint density at radius 1 is 1.11 bits per heavy atom. The summed E-state index contributed by atoms with van der Waals surface area (Å²) in [7, 11) is 0. The third kappa shape index (κ3) is 4.56. The second-order valence-electron chi connectivity index (χ2n) is 5.52. The predicted octanol–water partition coefficient (Wildman–Crippen LogP) is 4.48. The van der Waals surface area contributed by atoms with Crippen LogP contribution in [0, 0.1) is 0 Å². The predicted molar refractivity (Wildman–Crippen MR) is 97.7 cm³/mol. The minimum absolute atomic E-state index is 0.148. The number of anilines is 4. The number of rotatable bonds is 5. The van der Waals surface area contributed by atoms with Gasteiger partial charge in [-0.2, -0.15) is 13.2 Å². The number of hydrogen-bond acceptors (Lipinski definition) is 6. The minimum Gasteiger partial charge on any atom is -0.393 e. The Bertz CT molecular complexity index is 934. The van der Waals surface area contributed by atoms with Gasteiger partial charge in [0.15, 0.2) is 11.6 Å². The fraction of sp³-hybridized carbons (Fsp3) is 0.118. The lowest BCUT2D eigenvalue weighted by atomic mass is 10.2. The van der Waals surface area contributed by atoms with Gasteiger partial charge in [0, 0.05) is 24.6 Å². The van der Waals surface area contributed by atoms with Crippen molar-refractivity contribution in [2.24, 2.45) is 0 Å². The van der Waals surface area contributed by atoms with Crippen LogP contribution in [0.25, 0.3) is 0 Å². The summed E-state index contributed by atoms with van der Waals surface area (Å²) in [5.74, 6) is 0.524. The van der Waals surface area contributed by atoms with E-state index in [0.717, 1.165) is 17.7 Å². The molecule has 0 aliphatic heterocycles. The number of nitrogens with two attached hydrogens (primary N) is 1. The lowest BCUT2D eigenvalue weighted by Gasteiger charge is -2.14. The number of benzene rings is 1. The van der Waals surface area contributed by atoms with E-state index in [9.17, 15) is 13.2 Å². The average Bonchev–Trinajstić information content (AvgIpc) is 2.64. The number of nitrogen functional groups attached to an aromatic ring is 1. The van der Waals surface area contributed by atoms with Gasteiger partial charge in [-0.1, -0.05) is 17.7 Å². The average molecular weight is 395 g/mol. The van der Waals surface area contributed by atoms with Gasteiger partial charge in [-0.15, -0.1) is 0 Å². The largest absolute Gasteiger partial charge is 0.417 e. The van der Waals surface area contributed by atoms with E-state index in [1.807, 2.05) is 6.07 Å². The number of nitrogens with zero attached hydrogens (tertiary/aromatic N) is 3. The van der Waals surface area contributed by atoms with Gasteiger partial charge in [0.05, 0.1) is 10.6 Å². The Kier molecular flexibility index (Phi) is 5.31. The van der Waals surface area contributed by atoms with Crippen molar-refractivity contribution >= 4 is 34.6 Å². The highest BCUT2D eigenvalue weighted by molar-refractivity contribution is 6.31. The van der Waals surface area contributed by atoms with Gasteiger partial charge in [0.2, 0.25) is 0 Å². The summed E-state index contributed by atoms with van der Waals surface area (Å²) < 4.78 is 39.0. The van der Waals surface area contributed by atoms with Crippen molar-refractivity contribution < 1.29 is 13.2 Å². The summed E-state index contributed by atoms with van der Waals surface area (Å²) in [6.07, 6.45) is 0.0368. The number of aromatic nitrogens is 3. The van der Waals surface area contributed by atoms with Crippen molar-refractivity contribution in [2.45, 2.75) is 12.7 Å². The molecule has 0 amide bonds. The highest BCUT2D eigenvalue weighted by Crippen LogP contribution is 2.37. The fourth-order valence-electron chi connectivity index (χ4n) is 2.28. The fourth-order valence-corrected chi connectivity index (χ4v) is 2.51. The zero-order valence-electron chi connectivity index (χ0n) is 13.8. The van der Waals surface area contributed by atoms with Crippen molar-refractivity contribution in [1.82, 2.24) is 15.0 Å². The number of halogens is 4. The molecule has 0 atom stereocenters. The first kappa shape index (κ1) is 18.7. The second kappa shape index (κ2) is 7.67. The first-order valence-electron chi connectivity index (χ1n) is 7.71. The van der Waals surface area contributed by atoms with Gasteiger partial charge in [-0.05, 0) is 29.8 Å². The van der Waals surface area contributed by atoms with Crippen LogP contribution in [0.5, 0.6) is 0 Å². The Morgan fingerprint density at radius 3 is 2.59 bits per heavy atom. The number of pyridine rings is 1. The molecule has 140 valence electrons. The van der Waals surface area contributed by atoms with Crippen LogP contribution in [0.15, 0.2) is 49.1 Å². The van der Waals surface area contributed by atoms with E-state index in [1.165, 1.54) is 12.4 Å². The van der Waals surface area contributed by atoms with Crippen LogP contribution in [0.3, 0.4) is 0 Å². The first-order valence-corrected chi connectivity index (χ1v) is 8.09. The van der Waals surface area contributed by atoms with Crippen molar-refractivity contribution in [3.05, 3.63) is 65.2 Å². The summed E-state index contributed by atoms with van der Waals surface area (Å²) in [6.45, 7) is 0.424. The molecule has 0 bridgehead atoms. The Balaban J connectivity index is 1.80. The molecule has 10 heteroatoms. The SMILES string of the molecule is Nc1c(NCc2cccnc2)ncnc1Nc1ccc(Cl)c(C(F)(F)F)c1. The molecule has 0 spiro atoms. The van der Waals surface area contributed by atoms with Gasteiger partial charge in [-0.3, -0.25) is 4.98 Å². The maximum atomic E-state index is 13.0. The van der Waals surface area contributed by atoms with Crippen LogP contribution >= 0.6 is 11.6 Å². The van der Waals surface area contributed by atoms with E-state index in [0.29, 0.717) is 12.4 Å². The molecule has 0 aliphatic rings. The zero-order valence-corrected chi connectivity index (χ0v) is 14.5. The van der Waals surface area contributed by atoms with Crippen LogP contribution in [-0.2, 0) is 12.7 Å². The summed E-state index contributed by atoms with van der Waals surface area (Å²) >= 11 is 5.63. The molecule has 1 aromatic carbocycles. The van der Waals surface area contributed by atoms with Gasteiger partial charge < -0.3 is 16.4 Å². The van der Waals surface area contributed by atoms with Crippen LogP contribution in [0.1, 0.15) is 11.1 Å². The molecule has 4 N–H and O–H groups in total. The number of nitrogens with one attached hydrogen (secondary N) is 2. The van der Waals surface area contributed by atoms with Crippen molar-refractivity contribution in [3.63, 3.8) is 0 Å². The molecule has 27 heavy (non-hydrogen) atoms. The number of alkyl halides is 3. The first-order chi connectivity index (χ1) is 12.8. The highest BCUT2D eigenvalue weighted by Gasteiger charge is 2.33. The topological polar surface area (TPSA) is 88.8 Å².